The third-order valence-electron chi connectivity index (χ3n) is 13.8. The van der Waals surface area contributed by atoms with E-state index in [1.54, 1.807) is 0 Å². The number of hydrogen-bond acceptors (Lipinski definition) is 6. The number of esters is 3. The van der Waals surface area contributed by atoms with Crippen LogP contribution in [0.3, 0.4) is 0 Å². The predicted octanol–water partition coefficient (Wildman–Crippen LogP) is 19.8. The van der Waals surface area contributed by atoms with Gasteiger partial charge in [0.15, 0.2) is 6.10 Å². The summed E-state index contributed by atoms with van der Waals surface area (Å²) < 4.78 is 16.9. The molecule has 0 aliphatic carbocycles. The molecule has 1 atom stereocenters. The Morgan fingerprint density at radius 3 is 0.742 bits per heavy atom. The van der Waals surface area contributed by atoms with Gasteiger partial charge in [-0.05, 0) is 25.2 Å². The van der Waals surface area contributed by atoms with E-state index in [0.29, 0.717) is 19.3 Å². The van der Waals surface area contributed by atoms with Gasteiger partial charge in [0.2, 0.25) is 0 Å². The molecule has 6 nitrogen and oxygen atoms in total. The maximum atomic E-state index is 12.8. The van der Waals surface area contributed by atoms with E-state index >= 15 is 0 Å². The molecule has 0 saturated heterocycles. The van der Waals surface area contributed by atoms with Gasteiger partial charge in [0.05, 0.1) is 0 Å². The minimum atomic E-state index is -0.761. The Labute approximate surface area is 412 Å². The fraction of sp³-hybridized carbons (Fsp3) is 0.950. The van der Waals surface area contributed by atoms with Gasteiger partial charge in [-0.15, -0.1) is 0 Å². The normalized spacial score (nSPS) is 12.0. The minimum Gasteiger partial charge on any atom is -0.462 e. The summed E-state index contributed by atoms with van der Waals surface area (Å²) in [5.41, 5.74) is 0. The zero-order chi connectivity index (χ0) is 48.1. The molecule has 392 valence electrons. The van der Waals surface area contributed by atoms with E-state index in [1.165, 1.54) is 238 Å². The summed E-state index contributed by atoms with van der Waals surface area (Å²) >= 11 is 0. The zero-order valence-electron chi connectivity index (χ0n) is 45.2. The fourth-order valence-corrected chi connectivity index (χ4v) is 9.28. The third-order valence-corrected chi connectivity index (χ3v) is 13.8. The van der Waals surface area contributed by atoms with Crippen LogP contribution in [0.5, 0.6) is 0 Å². The van der Waals surface area contributed by atoms with Gasteiger partial charge in [-0.2, -0.15) is 0 Å². The predicted molar refractivity (Wildman–Crippen MR) is 284 cm³/mol. The molecule has 0 spiro atoms. The van der Waals surface area contributed by atoms with Gasteiger partial charge in [0.1, 0.15) is 13.2 Å². The maximum absolute atomic E-state index is 12.8. The van der Waals surface area contributed by atoms with Gasteiger partial charge in [-0.3, -0.25) is 14.4 Å². The molecule has 0 unspecified atom stereocenters. The molecule has 0 heterocycles. The molecule has 0 amide bonds. The second-order valence-corrected chi connectivity index (χ2v) is 21.1. The van der Waals surface area contributed by atoms with Crippen molar-refractivity contribution in [3.05, 3.63) is 0 Å². The van der Waals surface area contributed by atoms with Crippen molar-refractivity contribution in [2.75, 3.05) is 13.2 Å². The van der Waals surface area contributed by atoms with Crippen LogP contribution in [-0.2, 0) is 28.6 Å². The quantitative estimate of drug-likeness (QED) is 0.0343. The van der Waals surface area contributed by atoms with Gasteiger partial charge < -0.3 is 14.2 Å². The van der Waals surface area contributed by atoms with Crippen LogP contribution in [0.1, 0.15) is 342 Å². The Balaban J connectivity index is 4.18. The Hall–Kier alpha value is -1.59. The van der Waals surface area contributed by atoms with E-state index in [1.807, 2.05) is 0 Å². The third kappa shape index (κ3) is 53.4. The van der Waals surface area contributed by atoms with Crippen LogP contribution in [0.15, 0.2) is 0 Å². The number of hydrogen-bond donors (Lipinski definition) is 0. The summed E-state index contributed by atoms with van der Waals surface area (Å²) in [6, 6.07) is 0. The topological polar surface area (TPSA) is 78.9 Å². The molecule has 0 aliphatic heterocycles. The SMILES string of the molecule is CCCCCCCCCCCCCCCCCCCCC(=O)OC[C@H](COC(=O)CCCCCCCCCCC)OC(=O)CCCCCCCCCCCCCCCCCCCCC(C)C. The first kappa shape index (κ1) is 64.4. The summed E-state index contributed by atoms with van der Waals surface area (Å²) in [7, 11) is 0. The van der Waals surface area contributed by atoms with Crippen molar-refractivity contribution >= 4 is 17.9 Å². The van der Waals surface area contributed by atoms with E-state index < -0.39 is 6.10 Å². The van der Waals surface area contributed by atoms with Crippen molar-refractivity contribution < 1.29 is 28.6 Å². The van der Waals surface area contributed by atoms with E-state index in [0.717, 1.165) is 63.7 Å². The summed E-state index contributed by atoms with van der Waals surface area (Å²) in [5.74, 6) is 0.0215. The molecule has 0 aliphatic rings. The second kappa shape index (κ2) is 54.4. The van der Waals surface area contributed by atoms with Crippen molar-refractivity contribution in [1.29, 1.82) is 0 Å². The van der Waals surface area contributed by atoms with Crippen LogP contribution in [0.4, 0.5) is 0 Å². The van der Waals surface area contributed by atoms with E-state index in [4.69, 9.17) is 14.2 Å². The van der Waals surface area contributed by atoms with Crippen molar-refractivity contribution in [1.82, 2.24) is 0 Å². The second-order valence-electron chi connectivity index (χ2n) is 21.1. The summed E-state index contributed by atoms with van der Waals surface area (Å²) in [6.07, 6.45) is 59.6. The molecule has 0 saturated carbocycles. The van der Waals surface area contributed by atoms with E-state index in [-0.39, 0.29) is 31.1 Å². The number of rotatable bonds is 55. The van der Waals surface area contributed by atoms with Crippen molar-refractivity contribution in [2.24, 2.45) is 5.92 Å². The fourth-order valence-electron chi connectivity index (χ4n) is 9.28. The molecule has 0 fully saturated rings. The average Bonchev–Trinajstić information content (AvgIpc) is 3.30. The summed E-state index contributed by atoms with van der Waals surface area (Å²) in [4.78, 5) is 38.1. The highest BCUT2D eigenvalue weighted by atomic mass is 16.6. The van der Waals surface area contributed by atoms with Gasteiger partial charge in [-0.25, -0.2) is 0 Å². The largest absolute Gasteiger partial charge is 0.462 e. The zero-order valence-corrected chi connectivity index (χ0v) is 45.2. The average molecular weight is 934 g/mol. The van der Waals surface area contributed by atoms with Crippen LogP contribution < -0.4 is 0 Å². The standard InChI is InChI=1S/C60H116O6/c1-5-7-9-11-13-15-16-17-18-19-23-26-29-32-36-40-44-48-52-59(62)65-55-57(54-64-58(61)51-47-43-39-34-14-12-10-8-6-2)66-60(63)53-49-45-41-37-33-30-27-24-21-20-22-25-28-31-35-38-42-46-50-56(3)4/h56-57H,5-55H2,1-4H3/t57-/m0/s1. The number of ether oxygens (including phenoxy) is 3. The number of carbonyl (C=O) groups excluding carboxylic acids is 3. The van der Waals surface area contributed by atoms with Gasteiger partial charge in [0, 0.05) is 19.3 Å². The molecular formula is C60H116O6. The van der Waals surface area contributed by atoms with Gasteiger partial charge in [0.25, 0.3) is 0 Å². The number of carbonyl (C=O) groups is 3. The maximum Gasteiger partial charge on any atom is 0.306 e. The lowest BCUT2D eigenvalue weighted by Gasteiger charge is -2.18. The highest BCUT2D eigenvalue weighted by Gasteiger charge is 2.19. The first-order valence-corrected chi connectivity index (χ1v) is 29.9. The Morgan fingerprint density at radius 1 is 0.288 bits per heavy atom. The summed E-state index contributed by atoms with van der Waals surface area (Å²) in [5, 5.41) is 0. The van der Waals surface area contributed by atoms with Gasteiger partial charge >= 0.3 is 17.9 Å². The Bertz CT molecular complexity index is 996. The molecular weight excluding hydrogens is 817 g/mol. The molecule has 0 bridgehead atoms. The van der Waals surface area contributed by atoms with Crippen molar-refractivity contribution in [2.45, 2.75) is 348 Å². The molecule has 0 aromatic carbocycles. The number of unbranched alkanes of at least 4 members (excludes halogenated alkanes) is 42. The monoisotopic (exact) mass is 933 g/mol. The van der Waals surface area contributed by atoms with Crippen LogP contribution >= 0.6 is 0 Å². The highest BCUT2D eigenvalue weighted by Crippen LogP contribution is 2.18. The molecule has 0 rings (SSSR count). The Morgan fingerprint density at radius 2 is 0.500 bits per heavy atom. The Kier molecular flexibility index (Phi) is 53.0. The van der Waals surface area contributed by atoms with Gasteiger partial charge in [-0.1, -0.05) is 304 Å². The van der Waals surface area contributed by atoms with Crippen molar-refractivity contribution in [3.63, 3.8) is 0 Å². The highest BCUT2D eigenvalue weighted by molar-refractivity contribution is 5.71. The smallest absolute Gasteiger partial charge is 0.306 e. The lowest BCUT2D eigenvalue weighted by atomic mass is 10.0. The summed E-state index contributed by atoms with van der Waals surface area (Å²) in [6.45, 7) is 9.06. The van der Waals surface area contributed by atoms with Crippen LogP contribution in [0, 0.1) is 5.92 Å². The van der Waals surface area contributed by atoms with Crippen LogP contribution in [0.25, 0.3) is 0 Å². The molecule has 0 aromatic heterocycles. The molecule has 0 radical (unpaired) electrons. The van der Waals surface area contributed by atoms with Crippen LogP contribution in [0.2, 0.25) is 0 Å². The molecule has 0 aromatic rings. The van der Waals surface area contributed by atoms with Crippen molar-refractivity contribution in [3.8, 4) is 0 Å². The van der Waals surface area contributed by atoms with E-state index in [2.05, 4.69) is 27.7 Å². The molecule has 0 N–H and O–H groups in total. The first-order valence-electron chi connectivity index (χ1n) is 29.9. The molecule has 6 heteroatoms. The lowest BCUT2D eigenvalue weighted by molar-refractivity contribution is -0.167. The molecule has 66 heavy (non-hydrogen) atoms. The first-order chi connectivity index (χ1) is 32.4. The van der Waals surface area contributed by atoms with Crippen LogP contribution in [-0.4, -0.2) is 37.2 Å². The lowest BCUT2D eigenvalue weighted by Crippen LogP contribution is -2.30. The minimum absolute atomic E-state index is 0.0618. The van der Waals surface area contributed by atoms with E-state index in [9.17, 15) is 14.4 Å².